The van der Waals surface area contributed by atoms with Crippen molar-refractivity contribution in [2.45, 2.75) is 43.5 Å². The Hall–Kier alpha value is -1.83. The van der Waals surface area contributed by atoms with Crippen LogP contribution in [-0.2, 0) is 21.2 Å². The van der Waals surface area contributed by atoms with Crippen LogP contribution in [0.2, 0.25) is 0 Å². The summed E-state index contributed by atoms with van der Waals surface area (Å²) in [6, 6.07) is 16.1. The molecule has 0 saturated carbocycles. The maximum absolute atomic E-state index is 12.7. The molecular formula is C22H30N2O3S2. The molecule has 0 aliphatic rings. The Labute approximate surface area is 178 Å². The molecule has 5 nitrogen and oxygen atoms in total. The Kier molecular flexibility index (Phi) is 9.70. The Bertz CT molecular complexity index is 853. The number of thioether (sulfide) groups is 1. The average molecular weight is 435 g/mol. The average Bonchev–Trinajstić information content (AvgIpc) is 2.71. The summed E-state index contributed by atoms with van der Waals surface area (Å²) in [5.74, 6) is 0.428. The summed E-state index contributed by atoms with van der Waals surface area (Å²) in [4.78, 5) is 12.8. The molecule has 0 heterocycles. The highest BCUT2D eigenvalue weighted by Crippen LogP contribution is 2.12. The topological polar surface area (TPSA) is 75.3 Å². The molecule has 2 aromatic carbocycles. The molecule has 0 saturated heterocycles. The van der Waals surface area contributed by atoms with Crippen molar-refractivity contribution in [2.24, 2.45) is 0 Å². The van der Waals surface area contributed by atoms with Gasteiger partial charge in [0.05, 0.1) is 4.90 Å². The Morgan fingerprint density at radius 3 is 2.38 bits per heavy atom. The molecule has 0 spiro atoms. The van der Waals surface area contributed by atoms with E-state index in [9.17, 15) is 13.2 Å². The van der Waals surface area contributed by atoms with Crippen molar-refractivity contribution in [1.29, 1.82) is 0 Å². The zero-order chi connectivity index (χ0) is 21.1. The molecule has 1 atom stereocenters. The molecule has 0 fully saturated rings. The Morgan fingerprint density at radius 1 is 1.03 bits per heavy atom. The number of hydrogen-bond acceptors (Lipinski definition) is 4. The van der Waals surface area contributed by atoms with Crippen molar-refractivity contribution in [3.63, 3.8) is 0 Å². The molecule has 0 bridgehead atoms. The molecule has 29 heavy (non-hydrogen) atoms. The van der Waals surface area contributed by atoms with E-state index in [1.54, 1.807) is 36.0 Å². The van der Waals surface area contributed by atoms with Gasteiger partial charge in [-0.3, -0.25) is 4.79 Å². The number of carbonyl (C=O) groups excluding carboxylic acids is 1. The van der Waals surface area contributed by atoms with Gasteiger partial charge in [-0.15, -0.1) is 0 Å². The molecule has 1 unspecified atom stereocenters. The predicted octanol–water partition coefficient (Wildman–Crippen LogP) is 3.53. The first-order chi connectivity index (χ1) is 13.9. The van der Waals surface area contributed by atoms with Gasteiger partial charge in [-0.05, 0) is 62.3 Å². The minimum absolute atomic E-state index is 0.174. The lowest BCUT2D eigenvalue weighted by atomic mass is 10.1. The van der Waals surface area contributed by atoms with Crippen LogP contribution in [0, 0.1) is 6.92 Å². The van der Waals surface area contributed by atoms with E-state index >= 15 is 0 Å². The summed E-state index contributed by atoms with van der Waals surface area (Å²) in [5.41, 5.74) is 2.26. The monoisotopic (exact) mass is 434 g/mol. The minimum Gasteiger partial charge on any atom is -0.355 e. The number of nitrogens with one attached hydrogen (secondary N) is 2. The molecule has 7 heteroatoms. The summed E-state index contributed by atoms with van der Waals surface area (Å²) < 4.78 is 27.9. The van der Waals surface area contributed by atoms with Crippen molar-refractivity contribution in [3.05, 3.63) is 65.7 Å². The van der Waals surface area contributed by atoms with E-state index in [-0.39, 0.29) is 10.8 Å². The van der Waals surface area contributed by atoms with E-state index in [1.807, 2.05) is 31.4 Å². The fourth-order valence-electron chi connectivity index (χ4n) is 2.89. The van der Waals surface area contributed by atoms with Crippen molar-refractivity contribution < 1.29 is 13.2 Å². The lowest BCUT2D eigenvalue weighted by Crippen LogP contribution is -2.47. The first-order valence-corrected chi connectivity index (χ1v) is 12.7. The van der Waals surface area contributed by atoms with Crippen LogP contribution in [0.5, 0.6) is 0 Å². The highest BCUT2D eigenvalue weighted by Gasteiger charge is 2.25. The van der Waals surface area contributed by atoms with Crippen molar-refractivity contribution >= 4 is 27.7 Å². The lowest BCUT2D eigenvalue weighted by molar-refractivity contribution is -0.122. The van der Waals surface area contributed by atoms with Crippen LogP contribution in [0.3, 0.4) is 0 Å². The van der Waals surface area contributed by atoms with Gasteiger partial charge in [0.15, 0.2) is 0 Å². The van der Waals surface area contributed by atoms with E-state index in [4.69, 9.17) is 0 Å². The standard InChI is InChI=1S/C22H30N2O3S2/c1-18-11-13-20(14-12-18)29(26,27)24-21(15-17-28-2)22(25)23-16-7-6-10-19-8-4-3-5-9-19/h3-5,8-9,11-14,21,24H,6-7,10,15-17H2,1-2H3,(H,23,25). The number of rotatable bonds is 12. The number of carbonyl (C=O) groups is 1. The second-order valence-corrected chi connectivity index (χ2v) is 9.70. The first-order valence-electron chi connectivity index (χ1n) is 9.82. The van der Waals surface area contributed by atoms with Crippen molar-refractivity contribution in [1.82, 2.24) is 10.0 Å². The van der Waals surface area contributed by atoms with Gasteiger partial charge >= 0.3 is 0 Å². The smallest absolute Gasteiger partial charge is 0.241 e. The van der Waals surface area contributed by atoms with E-state index < -0.39 is 16.1 Å². The van der Waals surface area contributed by atoms with E-state index in [2.05, 4.69) is 22.2 Å². The Balaban J connectivity index is 1.87. The van der Waals surface area contributed by atoms with Gasteiger partial charge in [-0.2, -0.15) is 16.5 Å². The summed E-state index contributed by atoms with van der Waals surface area (Å²) in [6.45, 7) is 2.43. The molecule has 2 aromatic rings. The SMILES string of the molecule is CSCCC(NS(=O)(=O)c1ccc(C)cc1)C(=O)NCCCCc1ccccc1. The van der Waals surface area contributed by atoms with Crippen LogP contribution >= 0.6 is 11.8 Å². The zero-order valence-electron chi connectivity index (χ0n) is 17.1. The van der Waals surface area contributed by atoms with Gasteiger partial charge in [0.25, 0.3) is 0 Å². The molecular weight excluding hydrogens is 404 g/mol. The number of unbranched alkanes of at least 4 members (excludes halogenated alkanes) is 1. The first kappa shape index (κ1) is 23.4. The number of aryl methyl sites for hydroxylation is 2. The quantitative estimate of drug-likeness (QED) is 0.501. The predicted molar refractivity (Wildman–Crippen MR) is 121 cm³/mol. The minimum atomic E-state index is -3.74. The molecule has 158 valence electrons. The van der Waals surface area contributed by atoms with Crippen LogP contribution in [0.25, 0.3) is 0 Å². The van der Waals surface area contributed by atoms with Gasteiger partial charge < -0.3 is 5.32 Å². The summed E-state index contributed by atoms with van der Waals surface area (Å²) >= 11 is 1.59. The molecule has 0 radical (unpaired) electrons. The number of sulfonamides is 1. The third-order valence-electron chi connectivity index (χ3n) is 4.59. The number of benzene rings is 2. The highest BCUT2D eigenvalue weighted by atomic mass is 32.2. The maximum atomic E-state index is 12.7. The summed E-state index contributed by atoms with van der Waals surface area (Å²) in [5, 5.41) is 2.89. The normalized spacial score (nSPS) is 12.5. The van der Waals surface area contributed by atoms with Gasteiger partial charge in [0.2, 0.25) is 15.9 Å². The third-order valence-corrected chi connectivity index (χ3v) is 6.72. The molecule has 0 aliphatic heterocycles. The van der Waals surface area contributed by atoms with Gasteiger partial charge in [-0.25, -0.2) is 8.42 Å². The number of hydrogen-bond donors (Lipinski definition) is 2. The fourth-order valence-corrected chi connectivity index (χ4v) is 4.59. The lowest BCUT2D eigenvalue weighted by Gasteiger charge is -2.18. The summed E-state index contributed by atoms with van der Waals surface area (Å²) in [6.07, 6.45) is 5.16. The van der Waals surface area contributed by atoms with Crippen LogP contribution in [-0.4, -0.2) is 38.9 Å². The zero-order valence-corrected chi connectivity index (χ0v) is 18.7. The van der Waals surface area contributed by atoms with Gasteiger partial charge in [0.1, 0.15) is 6.04 Å². The largest absolute Gasteiger partial charge is 0.355 e. The van der Waals surface area contributed by atoms with Crippen LogP contribution in [0.15, 0.2) is 59.5 Å². The van der Waals surface area contributed by atoms with E-state index in [0.29, 0.717) is 18.7 Å². The van der Waals surface area contributed by atoms with Gasteiger partial charge in [-0.1, -0.05) is 48.0 Å². The van der Waals surface area contributed by atoms with E-state index in [0.717, 1.165) is 24.8 Å². The second-order valence-electron chi connectivity index (χ2n) is 7.00. The van der Waals surface area contributed by atoms with Gasteiger partial charge in [0, 0.05) is 6.54 Å². The molecule has 1 amide bonds. The molecule has 0 aromatic heterocycles. The molecule has 0 aliphatic carbocycles. The molecule has 2 rings (SSSR count). The summed E-state index contributed by atoms with van der Waals surface area (Å²) in [7, 11) is -3.74. The number of amides is 1. The van der Waals surface area contributed by atoms with Crippen LogP contribution in [0.1, 0.15) is 30.4 Å². The fraction of sp³-hybridized carbons (Fsp3) is 0.409. The van der Waals surface area contributed by atoms with E-state index in [1.165, 1.54) is 5.56 Å². The van der Waals surface area contributed by atoms with Crippen LogP contribution < -0.4 is 10.0 Å². The van der Waals surface area contributed by atoms with Crippen molar-refractivity contribution in [3.8, 4) is 0 Å². The molecule has 2 N–H and O–H groups in total. The highest BCUT2D eigenvalue weighted by molar-refractivity contribution is 7.98. The van der Waals surface area contributed by atoms with Crippen LogP contribution in [0.4, 0.5) is 0 Å². The third kappa shape index (κ3) is 8.20. The maximum Gasteiger partial charge on any atom is 0.241 e. The van der Waals surface area contributed by atoms with Crippen molar-refractivity contribution in [2.75, 3.05) is 18.6 Å². The second kappa shape index (κ2) is 12.0. The Morgan fingerprint density at radius 2 is 1.72 bits per heavy atom.